The number of fused-ring (bicyclic) bond motifs is 1. The zero-order valence-electron chi connectivity index (χ0n) is 10.3. The first-order valence-electron chi connectivity index (χ1n) is 5.92. The molecule has 0 fully saturated rings. The minimum Gasteiger partial charge on any atom is -0.469 e. The highest BCUT2D eigenvalue weighted by molar-refractivity contribution is 6.05. The molecule has 96 valence electrons. The van der Waals surface area contributed by atoms with Gasteiger partial charge in [0.15, 0.2) is 0 Å². The molecule has 1 aromatic carbocycles. The molecule has 2 N–H and O–H groups in total. The number of anilines is 2. The number of amides is 2. The van der Waals surface area contributed by atoms with Crippen LogP contribution in [0.25, 0.3) is 0 Å². The van der Waals surface area contributed by atoms with E-state index in [1.807, 2.05) is 0 Å². The predicted octanol–water partition coefficient (Wildman–Crippen LogP) is 2.33. The van der Waals surface area contributed by atoms with Crippen molar-refractivity contribution in [1.29, 1.82) is 0 Å². The molecule has 1 aromatic heterocycles. The largest absolute Gasteiger partial charge is 0.469 e. The molecule has 0 saturated carbocycles. The Kier molecular flexibility index (Phi) is 2.59. The Labute approximate surface area is 109 Å². The van der Waals surface area contributed by atoms with Gasteiger partial charge in [-0.25, -0.2) is 0 Å². The Bertz CT molecular complexity index is 673. The van der Waals surface area contributed by atoms with Crippen LogP contribution in [0.3, 0.4) is 0 Å². The molecule has 0 atom stereocenters. The van der Waals surface area contributed by atoms with Crippen LogP contribution in [0.2, 0.25) is 0 Å². The summed E-state index contributed by atoms with van der Waals surface area (Å²) < 4.78 is 5.10. The summed E-state index contributed by atoms with van der Waals surface area (Å²) in [5.41, 5.74) is 2.88. The van der Waals surface area contributed by atoms with Gasteiger partial charge in [-0.3, -0.25) is 9.59 Å². The van der Waals surface area contributed by atoms with Crippen molar-refractivity contribution in [3.8, 4) is 0 Å². The molecule has 0 radical (unpaired) electrons. The van der Waals surface area contributed by atoms with E-state index in [-0.39, 0.29) is 11.8 Å². The second kappa shape index (κ2) is 4.28. The van der Waals surface area contributed by atoms with Crippen molar-refractivity contribution < 1.29 is 14.0 Å². The molecule has 0 spiro atoms. The lowest BCUT2D eigenvalue weighted by Crippen LogP contribution is -2.12. The summed E-state index contributed by atoms with van der Waals surface area (Å²) in [6.07, 6.45) is 1.83. The Balaban J connectivity index is 1.82. The highest BCUT2D eigenvalue weighted by Gasteiger charge is 2.18. The van der Waals surface area contributed by atoms with Crippen LogP contribution in [0, 0.1) is 6.92 Å². The van der Waals surface area contributed by atoms with Crippen LogP contribution in [0.1, 0.15) is 21.7 Å². The standard InChI is InChI=1S/C14H12N2O3/c1-8-11(4-5-19-8)14(18)15-10-2-3-12-9(6-10)7-13(17)16-12/h2-6H,7H2,1H3,(H,15,18)(H,16,17). The van der Waals surface area contributed by atoms with E-state index < -0.39 is 0 Å². The van der Waals surface area contributed by atoms with Crippen LogP contribution in [-0.4, -0.2) is 11.8 Å². The molecular weight excluding hydrogens is 244 g/mol. The number of benzene rings is 1. The summed E-state index contributed by atoms with van der Waals surface area (Å²) in [6, 6.07) is 6.99. The molecule has 2 heterocycles. The maximum absolute atomic E-state index is 12.0. The summed E-state index contributed by atoms with van der Waals surface area (Å²) in [5.74, 6) is 0.336. The van der Waals surface area contributed by atoms with Gasteiger partial charge in [0.2, 0.25) is 5.91 Å². The minimum absolute atomic E-state index is 0.0239. The number of carbonyl (C=O) groups excluding carboxylic acids is 2. The molecule has 0 aliphatic carbocycles. The molecule has 0 bridgehead atoms. The van der Waals surface area contributed by atoms with E-state index in [0.717, 1.165) is 11.3 Å². The van der Waals surface area contributed by atoms with Crippen LogP contribution >= 0.6 is 0 Å². The lowest BCUT2D eigenvalue weighted by molar-refractivity contribution is -0.115. The molecular formula is C14H12N2O3. The van der Waals surface area contributed by atoms with Crippen molar-refractivity contribution in [2.75, 3.05) is 10.6 Å². The highest BCUT2D eigenvalue weighted by atomic mass is 16.3. The highest BCUT2D eigenvalue weighted by Crippen LogP contribution is 2.26. The maximum Gasteiger partial charge on any atom is 0.259 e. The first-order chi connectivity index (χ1) is 9.13. The summed E-state index contributed by atoms with van der Waals surface area (Å²) in [6.45, 7) is 1.74. The quantitative estimate of drug-likeness (QED) is 0.866. The Morgan fingerprint density at radius 2 is 2.21 bits per heavy atom. The number of hydrogen-bond donors (Lipinski definition) is 2. The fraction of sp³-hybridized carbons (Fsp3) is 0.143. The van der Waals surface area contributed by atoms with Crippen molar-refractivity contribution >= 4 is 23.2 Å². The van der Waals surface area contributed by atoms with Crippen LogP contribution in [0.4, 0.5) is 11.4 Å². The molecule has 0 saturated heterocycles. The van der Waals surface area contributed by atoms with E-state index in [1.165, 1.54) is 6.26 Å². The van der Waals surface area contributed by atoms with E-state index in [0.29, 0.717) is 23.4 Å². The lowest BCUT2D eigenvalue weighted by atomic mass is 10.1. The average Bonchev–Trinajstić information content (AvgIpc) is 2.93. The molecule has 1 aliphatic rings. The van der Waals surface area contributed by atoms with Gasteiger partial charge in [-0.2, -0.15) is 0 Å². The fourth-order valence-electron chi connectivity index (χ4n) is 2.13. The van der Waals surface area contributed by atoms with Gasteiger partial charge >= 0.3 is 0 Å². The third kappa shape index (κ3) is 2.10. The minimum atomic E-state index is -0.219. The third-order valence-electron chi connectivity index (χ3n) is 3.09. The maximum atomic E-state index is 12.0. The third-order valence-corrected chi connectivity index (χ3v) is 3.09. The molecule has 2 amide bonds. The van der Waals surface area contributed by atoms with Gasteiger partial charge in [0.1, 0.15) is 5.76 Å². The Morgan fingerprint density at radius 1 is 1.37 bits per heavy atom. The molecule has 19 heavy (non-hydrogen) atoms. The van der Waals surface area contributed by atoms with Crippen LogP contribution < -0.4 is 10.6 Å². The first kappa shape index (κ1) is 11.5. The topological polar surface area (TPSA) is 71.3 Å². The second-order valence-electron chi connectivity index (χ2n) is 4.44. The molecule has 3 rings (SSSR count). The smallest absolute Gasteiger partial charge is 0.259 e. The number of furan rings is 1. The molecule has 0 unspecified atom stereocenters. The van der Waals surface area contributed by atoms with Gasteiger partial charge in [-0.05, 0) is 36.8 Å². The van der Waals surface area contributed by atoms with E-state index in [2.05, 4.69) is 10.6 Å². The van der Waals surface area contributed by atoms with Crippen molar-refractivity contribution in [2.24, 2.45) is 0 Å². The average molecular weight is 256 g/mol. The van der Waals surface area contributed by atoms with Gasteiger partial charge in [0.25, 0.3) is 5.91 Å². The van der Waals surface area contributed by atoms with Crippen molar-refractivity contribution in [2.45, 2.75) is 13.3 Å². The fourth-order valence-corrected chi connectivity index (χ4v) is 2.13. The molecule has 5 nitrogen and oxygen atoms in total. The van der Waals surface area contributed by atoms with E-state index >= 15 is 0 Å². The van der Waals surface area contributed by atoms with Crippen LogP contribution in [0.5, 0.6) is 0 Å². The summed E-state index contributed by atoms with van der Waals surface area (Å²) in [4.78, 5) is 23.3. The first-order valence-corrected chi connectivity index (χ1v) is 5.92. The number of carbonyl (C=O) groups is 2. The predicted molar refractivity (Wildman–Crippen MR) is 70.2 cm³/mol. The van der Waals surface area contributed by atoms with E-state index in [9.17, 15) is 9.59 Å². The van der Waals surface area contributed by atoms with Gasteiger partial charge in [-0.15, -0.1) is 0 Å². The molecule has 5 heteroatoms. The zero-order valence-corrected chi connectivity index (χ0v) is 10.3. The number of rotatable bonds is 2. The van der Waals surface area contributed by atoms with E-state index in [4.69, 9.17) is 4.42 Å². The zero-order chi connectivity index (χ0) is 13.4. The molecule has 1 aliphatic heterocycles. The van der Waals surface area contributed by atoms with Gasteiger partial charge in [0, 0.05) is 11.4 Å². The summed E-state index contributed by atoms with van der Waals surface area (Å²) in [7, 11) is 0. The Hall–Kier alpha value is -2.56. The van der Waals surface area contributed by atoms with Gasteiger partial charge < -0.3 is 15.1 Å². The van der Waals surface area contributed by atoms with Crippen LogP contribution in [-0.2, 0) is 11.2 Å². The normalized spacial score (nSPS) is 13.0. The van der Waals surface area contributed by atoms with Gasteiger partial charge in [-0.1, -0.05) is 0 Å². The summed E-state index contributed by atoms with van der Waals surface area (Å²) in [5, 5.41) is 5.54. The van der Waals surface area contributed by atoms with E-state index in [1.54, 1.807) is 31.2 Å². The van der Waals surface area contributed by atoms with Crippen molar-refractivity contribution in [1.82, 2.24) is 0 Å². The van der Waals surface area contributed by atoms with Gasteiger partial charge in [0.05, 0.1) is 18.2 Å². The van der Waals surface area contributed by atoms with Crippen molar-refractivity contribution in [3.63, 3.8) is 0 Å². The second-order valence-corrected chi connectivity index (χ2v) is 4.44. The van der Waals surface area contributed by atoms with Crippen LogP contribution in [0.15, 0.2) is 34.9 Å². The Morgan fingerprint density at radius 3 is 2.95 bits per heavy atom. The number of nitrogens with one attached hydrogen (secondary N) is 2. The lowest BCUT2D eigenvalue weighted by Gasteiger charge is -2.06. The SMILES string of the molecule is Cc1occc1C(=O)Nc1ccc2c(c1)CC(=O)N2. The molecule has 2 aromatic rings. The monoisotopic (exact) mass is 256 g/mol. The van der Waals surface area contributed by atoms with Crippen molar-refractivity contribution in [3.05, 3.63) is 47.4 Å². The number of aryl methyl sites for hydroxylation is 1. The number of hydrogen-bond acceptors (Lipinski definition) is 3. The summed E-state index contributed by atoms with van der Waals surface area (Å²) >= 11 is 0.